The van der Waals surface area contributed by atoms with E-state index in [0.717, 1.165) is 4.90 Å². The number of halogens is 2. The third kappa shape index (κ3) is 3.38. The normalized spacial score (nSPS) is 15.2. The molecular formula is C20H13Cl2NO7. The maximum Gasteiger partial charge on any atom is 0.329 e. The summed E-state index contributed by atoms with van der Waals surface area (Å²) in [6.07, 6.45) is 0. The minimum Gasteiger partial charge on any atom is -0.456 e. The second-order valence-electron chi connectivity index (χ2n) is 6.57. The highest BCUT2D eigenvalue weighted by atomic mass is 35.5. The zero-order valence-corrected chi connectivity index (χ0v) is 17.0. The number of amides is 2. The van der Waals surface area contributed by atoms with Gasteiger partial charge in [0.2, 0.25) is 6.79 Å². The van der Waals surface area contributed by atoms with E-state index in [1.165, 1.54) is 31.2 Å². The van der Waals surface area contributed by atoms with Crippen molar-refractivity contribution in [1.29, 1.82) is 0 Å². The first-order valence-corrected chi connectivity index (χ1v) is 9.50. The van der Waals surface area contributed by atoms with Gasteiger partial charge in [0.15, 0.2) is 23.9 Å². The zero-order valence-electron chi connectivity index (χ0n) is 15.4. The van der Waals surface area contributed by atoms with Gasteiger partial charge in [-0.25, -0.2) is 4.79 Å². The van der Waals surface area contributed by atoms with Crippen molar-refractivity contribution in [3.05, 3.63) is 57.1 Å². The molecule has 10 heteroatoms. The molecule has 2 aliphatic heterocycles. The van der Waals surface area contributed by atoms with Crippen molar-refractivity contribution in [1.82, 2.24) is 4.90 Å². The summed E-state index contributed by atoms with van der Waals surface area (Å²) in [5, 5.41) is 0.228. The van der Waals surface area contributed by atoms with Crippen LogP contribution in [0.4, 0.5) is 0 Å². The van der Waals surface area contributed by atoms with Gasteiger partial charge in [-0.2, -0.15) is 0 Å². The van der Waals surface area contributed by atoms with Crippen molar-refractivity contribution < 1.29 is 33.4 Å². The van der Waals surface area contributed by atoms with Gasteiger partial charge in [-0.05, 0) is 37.3 Å². The number of esters is 1. The molecular weight excluding hydrogens is 437 g/mol. The first-order chi connectivity index (χ1) is 14.3. The monoisotopic (exact) mass is 449 g/mol. The third-order valence-electron chi connectivity index (χ3n) is 4.73. The standard InChI is InChI=1S/C20H13Cl2NO7/c1-9(23-18(25)11-5-13(21)14(22)6-12(11)19(23)26)20(27)28-7-15(24)10-2-3-16-17(4-10)30-8-29-16/h2-6,9H,7-8H2,1H3/t9-/m0/s1. The molecule has 0 radical (unpaired) electrons. The Morgan fingerprint density at radius 1 is 1.03 bits per heavy atom. The van der Waals surface area contributed by atoms with Gasteiger partial charge < -0.3 is 14.2 Å². The number of nitrogens with zero attached hydrogens (tertiary/aromatic N) is 1. The van der Waals surface area contributed by atoms with Crippen LogP contribution >= 0.6 is 23.2 Å². The summed E-state index contributed by atoms with van der Waals surface area (Å²) >= 11 is 11.8. The molecule has 0 aromatic heterocycles. The first-order valence-electron chi connectivity index (χ1n) is 8.74. The van der Waals surface area contributed by atoms with Gasteiger partial charge in [-0.15, -0.1) is 0 Å². The third-order valence-corrected chi connectivity index (χ3v) is 5.45. The molecule has 2 amide bonds. The summed E-state index contributed by atoms with van der Waals surface area (Å²) in [6.45, 7) is 0.831. The largest absolute Gasteiger partial charge is 0.456 e. The SMILES string of the molecule is C[C@@H](C(=O)OCC(=O)c1ccc2c(c1)OCO2)N1C(=O)c2cc(Cl)c(Cl)cc2C1=O. The van der Waals surface area contributed by atoms with Crippen LogP contribution in [0.5, 0.6) is 11.5 Å². The van der Waals surface area contributed by atoms with Crippen molar-refractivity contribution in [2.75, 3.05) is 13.4 Å². The summed E-state index contributed by atoms with van der Waals surface area (Å²) in [4.78, 5) is 50.7. The van der Waals surface area contributed by atoms with Gasteiger partial charge in [0.25, 0.3) is 11.8 Å². The Labute approximate surface area is 180 Å². The molecule has 0 saturated carbocycles. The molecule has 2 aromatic carbocycles. The number of imide groups is 1. The summed E-state index contributed by atoms with van der Waals surface area (Å²) in [5.74, 6) is -1.84. The maximum atomic E-state index is 12.6. The molecule has 0 N–H and O–H groups in total. The lowest BCUT2D eigenvalue weighted by Crippen LogP contribution is -2.44. The Morgan fingerprint density at radius 3 is 2.27 bits per heavy atom. The fourth-order valence-electron chi connectivity index (χ4n) is 3.12. The summed E-state index contributed by atoms with van der Waals surface area (Å²) in [7, 11) is 0. The van der Waals surface area contributed by atoms with E-state index in [1.54, 1.807) is 6.07 Å². The minimum atomic E-state index is -1.25. The van der Waals surface area contributed by atoms with Gasteiger partial charge in [0.1, 0.15) is 6.04 Å². The van der Waals surface area contributed by atoms with Crippen LogP contribution < -0.4 is 9.47 Å². The molecule has 0 bridgehead atoms. The molecule has 2 heterocycles. The van der Waals surface area contributed by atoms with E-state index < -0.39 is 36.2 Å². The molecule has 0 saturated heterocycles. The Bertz CT molecular complexity index is 1070. The molecule has 30 heavy (non-hydrogen) atoms. The number of hydrogen-bond donors (Lipinski definition) is 0. The molecule has 0 spiro atoms. The lowest BCUT2D eigenvalue weighted by atomic mass is 10.1. The van der Waals surface area contributed by atoms with Crippen molar-refractivity contribution in [3.63, 3.8) is 0 Å². The first kappa shape index (κ1) is 20.2. The van der Waals surface area contributed by atoms with Gasteiger partial charge >= 0.3 is 5.97 Å². The van der Waals surface area contributed by atoms with Gasteiger partial charge in [-0.1, -0.05) is 23.2 Å². The molecule has 0 unspecified atom stereocenters. The maximum absolute atomic E-state index is 12.6. The van der Waals surface area contributed by atoms with Crippen LogP contribution in [0.1, 0.15) is 38.0 Å². The molecule has 2 aromatic rings. The van der Waals surface area contributed by atoms with Gasteiger partial charge in [0.05, 0.1) is 21.2 Å². The molecule has 8 nitrogen and oxygen atoms in total. The van der Waals surface area contributed by atoms with E-state index >= 15 is 0 Å². The highest BCUT2D eigenvalue weighted by molar-refractivity contribution is 6.43. The van der Waals surface area contributed by atoms with Crippen LogP contribution in [0.3, 0.4) is 0 Å². The molecule has 0 fully saturated rings. The van der Waals surface area contributed by atoms with E-state index in [9.17, 15) is 19.2 Å². The zero-order chi connectivity index (χ0) is 21.6. The van der Waals surface area contributed by atoms with Crippen LogP contribution in [0.2, 0.25) is 10.0 Å². The number of fused-ring (bicyclic) bond motifs is 2. The predicted molar refractivity (Wildman–Crippen MR) is 104 cm³/mol. The highest BCUT2D eigenvalue weighted by Gasteiger charge is 2.42. The number of carbonyl (C=O) groups is 4. The Kier molecular flexibility index (Phi) is 5.13. The van der Waals surface area contributed by atoms with Crippen molar-refractivity contribution in [2.24, 2.45) is 0 Å². The van der Waals surface area contributed by atoms with E-state index in [2.05, 4.69) is 0 Å². The van der Waals surface area contributed by atoms with Crippen LogP contribution in [-0.2, 0) is 9.53 Å². The number of benzene rings is 2. The Morgan fingerprint density at radius 2 is 1.63 bits per heavy atom. The van der Waals surface area contributed by atoms with Crippen molar-refractivity contribution in [3.8, 4) is 11.5 Å². The average Bonchev–Trinajstić information content (AvgIpc) is 3.28. The van der Waals surface area contributed by atoms with Gasteiger partial charge in [0, 0.05) is 5.56 Å². The summed E-state index contributed by atoms with van der Waals surface area (Å²) < 4.78 is 15.4. The molecule has 4 rings (SSSR count). The predicted octanol–water partition coefficient (Wildman–Crippen LogP) is 3.13. The molecule has 154 valence electrons. The summed E-state index contributed by atoms with van der Waals surface area (Å²) in [5.41, 5.74) is 0.362. The molecule has 1 atom stereocenters. The van der Waals surface area contributed by atoms with Crippen LogP contribution in [0.15, 0.2) is 30.3 Å². The lowest BCUT2D eigenvalue weighted by Gasteiger charge is -2.20. The van der Waals surface area contributed by atoms with E-state index in [0.29, 0.717) is 11.5 Å². The summed E-state index contributed by atoms with van der Waals surface area (Å²) in [6, 6.07) is 5.89. The second-order valence-corrected chi connectivity index (χ2v) is 7.38. The number of Topliss-reactive ketones (excluding diaryl/α,β-unsaturated/α-hetero) is 1. The quantitative estimate of drug-likeness (QED) is 0.392. The smallest absolute Gasteiger partial charge is 0.329 e. The van der Waals surface area contributed by atoms with E-state index in [4.69, 9.17) is 37.4 Å². The van der Waals surface area contributed by atoms with E-state index in [-0.39, 0.29) is 33.5 Å². The fraction of sp³-hybridized carbons (Fsp3) is 0.200. The van der Waals surface area contributed by atoms with Crippen LogP contribution in [-0.4, -0.2) is 47.9 Å². The van der Waals surface area contributed by atoms with Crippen LogP contribution in [0.25, 0.3) is 0 Å². The Hall–Kier alpha value is -3.10. The Balaban J connectivity index is 1.43. The average molecular weight is 450 g/mol. The minimum absolute atomic E-state index is 0.0467. The fourth-order valence-corrected chi connectivity index (χ4v) is 3.45. The van der Waals surface area contributed by atoms with Gasteiger partial charge in [-0.3, -0.25) is 19.3 Å². The van der Waals surface area contributed by atoms with E-state index in [1.807, 2.05) is 0 Å². The number of ketones is 1. The molecule has 2 aliphatic rings. The number of hydrogen-bond acceptors (Lipinski definition) is 7. The number of ether oxygens (including phenoxy) is 3. The second kappa shape index (κ2) is 7.62. The molecule has 0 aliphatic carbocycles. The topological polar surface area (TPSA) is 99.2 Å². The van der Waals surface area contributed by atoms with Crippen molar-refractivity contribution in [2.45, 2.75) is 13.0 Å². The van der Waals surface area contributed by atoms with Crippen molar-refractivity contribution >= 4 is 46.8 Å². The number of rotatable bonds is 5. The number of carbonyl (C=O) groups excluding carboxylic acids is 4. The van der Waals surface area contributed by atoms with Crippen LogP contribution in [0, 0.1) is 0 Å². The lowest BCUT2D eigenvalue weighted by molar-refractivity contribution is -0.146. The highest BCUT2D eigenvalue weighted by Crippen LogP contribution is 2.33.